The number of aliphatic hydroxyl groups excluding tert-OH is 1. The summed E-state index contributed by atoms with van der Waals surface area (Å²) in [6, 6.07) is 2.57. The minimum absolute atomic E-state index is 0.0844. The monoisotopic (exact) mass is 285 g/mol. The van der Waals surface area contributed by atoms with E-state index in [-0.39, 0.29) is 22.9 Å². The zero-order valence-electron chi connectivity index (χ0n) is 10.4. The van der Waals surface area contributed by atoms with Crippen LogP contribution in [0.15, 0.2) is 12.1 Å². The molecule has 1 saturated carbocycles. The Morgan fingerprint density at radius 1 is 1.47 bits per heavy atom. The van der Waals surface area contributed by atoms with Crippen LogP contribution >= 0.6 is 11.6 Å². The maximum absolute atomic E-state index is 10.7. The third-order valence-electron chi connectivity index (χ3n) is 3.63. The molecule has 1 aromatic heterocycles. The van der Waals surface area contributed by atoms with Crippen molar-refractivity contribution in [2.45, 2.75) is 25.7 Å². The molecule has 1 fully saturated rings. The highest BCUT2D eigenvalue weighted by molar-refractivity contribution is 6.29. The zero-order valence-corrected chi connectivity index (χ0v) is 11.2. The molecule has 0 bridgehead atoms. The standard InChI is InChI=1S/C12H16ClN3O3/c13-10-5-9(16(18)19)6-11(15-10)14-7-12(8-17)3-1-2-4-12/h5-6,17H,1-4,7-8H2,(H,14,15). The second-order valence-electron chi connectivity index (χ2n) is 5.01. The molecule has 6 nitrogen and oxygen atoms in total. The quantitative estimate of drug-likeness (QED) is 0.493. The lowest BCUT2D eigenvalue weighted by Crippen LogP contribution is -2.30. The van der Waals surface area contributed by atoms with Crippen LogP contribution in [-0.4, -0.2) is 28.2 Å². The van der Waals surface area contributed by atoms with Gasteiger partial charge in [-0.05, 0) is 12.8 Å². The molecule has 7 heteroatoms. The molecule has 2 rings (SSSR count). The van der Waals surface area contributed by atoms with Crippen molar-refractivity contribution in [1.29, 1.82) is 0 Å². The van der Waals surface area contributed by atoms with Crippen LogP contribution in [0.3, 0.4) is 0 Å². The third kappa shape index (κ3) is 3.33. The molecule has 1 aromatic rings. The van der Waals surface area contributed by atoms with Crippen molar-refractivity contribution in [3.8, 4) is 0 Å². The Morgan fingerprint density at radius 2 is 2.16 bits per heavy atom. The van der Waals surface area contributed by atoms with Gasteiger partial charge in [-0.2, -0.15) is 0 Å². The first-order valence-corrected chi connectivity index (χ1v) is 6.59. The zero-order chi connectivity index (χ0) is 13.9. The van der Waals surface area contributed by atoms with Gasteiger partial charge < -0.3 is 10.4 Å². The van der Waals surface area contributed by atoms with E-state index in [2.05, 4.69) is 10.3 Å². The molecule has 0 amide bonds. The average molecular weight is 286 g/mol. The van der Waals surface area contributed by atoms with Crippen molar-refractivity contribution >= 4 is 23.1 Å². The Balaban J connectivity index is 2.08. The molecular weight excluding hydrogens is 270 g/mol. The number of rotatable bonds is 5. The Labute approximate surface area is 116 Å². The number of nitrogens with one attached hydrogen (secondary N) is 1. The molecule has 2 N–H and O–H groups in total. The second kappa shape index (κ2) is 5.71. The van der Waals surface area contributed by atoms with Gasteiger partial charge in [-0.15, -0.1) is 0 Å². The summed E-state index contributed by atoms with van der Waals surface area (Å²) < 4.78 is 0. The van der Waals surface area contributed by atoms with Crippen molar-refractivity contribution in [1.82, 2.24) is 4.98 Å². The fourth-order valence-corrected chi connectivity index (χ4v) is 2.68. The van der Waals surface area contributed by atoms with E-state index in [4.69, 9.17) is 11.6 Å². The summed E-state index contributed by atoms with van der Waals surface area (Å²) in [7, 11) is 0. The van der Waals surface area contributed by atoms with Crippen molar-refractivity contribution in [3.63, 3.8) is 0 Å². The summed E-state index contributed by atoms with van der Waals surface area (Å²) in [5.74, 6) is 0.374. The minimum atomic E-state index is -0.504. The highest BCUT2D eigenvalue weighted by Crippen LogP contribution is 2.37. The molecule has 19 heavy (non-hydrogen) atoms. The van der Waals surface area contributed by atoms with Crippen LogP contribution in [0.2, 0.25) is 5.15 Å². The van der Waals surface area contributed by atoms with Crippen molar-refractivity contribution in [3.05, 3.63) is 27.4 Å². The fourth-order valence-electron chi connectivity index (χ4n) is 2.47. The first-order chi connectivity index (χ1) is 9.04. The Bertz CT molecular complexity index is 475. The summed E-state index contributed by atoms with van der Waals surface area (Å²) in [5, 5.41) is 23.4. The van der Waals surface area contributed by atoms with Crippen molar-refractivity contribution < 1.29 is 10.0 Å². The Kier molecular flexibility index (Phi) is 4.21. The fraction of sp³-hybridized carbons (Fsp3) is 0.583. The highest BCUT2D eigenvalue weighted by Gasteiger charge is 2.33. The second-order valence-corrected chi connectivity index (χ2v) is 5.40. The van der Waals surface area contributed by atoms with E-state index >= 15 is 0 Å². The van der Waals surface area contributed by atoms with Gasteiger partial charge in [0.05, 0.1) is 23.7 Å². The maximum atomic E-state index is 10.7. The number of hydrogen-bond acceptors (Lipinski definition) is 5. The van der Waals surface area contributed by atoms with E-state index in [0.29, 0.717) is 12.4 Å². The molecule has 0 atom stereocenters. The summed E-state index contributed by atoms with van der Waals surface area (Å²) >= 11 is 5.75. The minimum Gasteiger partial charge on any atom is -0.396 e. The topological polar surface area (TPSA) is 88.3 Å². The first kappa shape index (κ1) is 14.0. The van der Waals surface area contributed by atoms with Crippen LogP contribution in [0.5, 0.6) is 0 Å². The summed E-state index contributed by atoms with van der Waals surface area (Å²) in [6.07, 6.45) is 4.12. The number of aromatic nitrogens is 1. The van der Waals surface area contributed by atoms with Crippen LogP contribution in [0.25, 0.3) is 0 Å². The van der Waals surface area contributed by atoms with Gasteiger partial charge in [-0.3, -0.25) is 10.1 Å². The molecule has 1 aliphatic carbocycles. The number of halogens is 1. The van der Waals surface area contributed by atoms with Gasteiger partial charge in [0.25, 0.3) is 5.69 Å². The number of anilines is 1. The molecule has 0 saturated heterocycles. The van der Waals surface area contributed by atoms with Crippen LogP contribution in [0.1, 0.15) is 25.7 Å². The van der Waals surface area contributed by atoms with Crippen LogP contribution < -0.4 is 5.32 Å². The Morgan fingerprint density at radius 3 is 2.74 bits per heavy atom. The van der Waals surface area contributed by atoms with Crippen LogP contribution in [0, 0.1) is 15.5 Å². The molecule has 0 radical (unpaired) electrons. The predicted octanol–water partition coefficient (Wildman–Crippen LogP) is 2.61. The lowest BCUT2D eigenvalue weighted by molar-refractivity contribution is -0.384. The molecule has 0 unspecified atom stereocenters. The largest absolute Gasteiger partial charge is 0.396 e. The number of hydrogen-bond donors (Lipinski definition) is 2. The molecule has 0 aliphatic heterocycles. The number of nitro groups is 1. The van der Waals surface area contributed by atoms with Gasteiger partial charge in [0.1, 0.15) is 11.0 Å². The van der Waals surface area contributed by atoms with E-state index in [1.807, 2.05) is 0 Å². The predicted molar refractivity (Wildman–Crippen MR) is 72.4 cm³/mol. The smallest absolute Gasteiger partial charge is 0.276 e. The average Bonchev–Trinajstić information content (AvgIpc) is 2.85. The summed E-state index contributed by atoms with van der Waals surface area (Å²) in [4.78, 5) is 14.2. The van der Waals surface area contributed by atoms with Gasteiger partial charge in [-0.1, -0.05) is 24.4 Å². The summed E-state index contributed by atoms with van der Waals surface area (Å²) in [6.45, 7) is 0.663. The van der Waals surface area contributed by atoms with Gasteiger partial charge in [0, 0.05) is 12.0 Å². The Hall–Kier alpha value is -1.40. The molecule has 0 spiro atoms. The van der Waals surface area contributed by atoms with Crippen molar-refractivity contribution in [2.75, 3.05) is 18.5 Å². The maximum Gasteiger partial charge on any atom is 0.276 e. The molecular formula is C12H16ClN3O3. The molecule has 1 heterocycles. The van der Waals surface area contributed by atoms with E-state index in [1.54, 1.807) is 0 Å². The normalized spacial score (nSPS) is 17.4. The third-order valence-corrected chi connectivity index (χ3v) is 3.83. The van der Waals surface area contributed by atoms with E-state index < -0.39 is 4.92 Å². The van der Waals surface area contributed by atoms with Gasteiger partial charge in [0.15, 0.2) is 0 Å². The van der Waals surface area contributed by atoms with E-state index in [9.17, 15) is 15.2 Å². The van der Waals surface area contributed by atoms with Crippen LogP contribution in [-0.2, 0) is 0 Å². The molecule has 1 aliphatic rings. The van der Waals surface area contributed by atoms with E-state index in [1.165, 1.54) is 12.1 Å². The lowest BCUT2D eigenvalue weighted by Gasteiger charge is -2.26. The number of pyridine rings is 1. The summed E-state index contributed by atoms with van der Waals surface area (Å²) in [5.41, 5.74) is -0.231. The number of aliphatic hydroxyl groups is 1. The van der Waals surface area contributed by atoms with Gasteiger partial charge in [-0.25, -0.2) is 4.98 Å². The van der Waals surface area contributed by atoms with Gasteiger partial charge >= 0.3 is 0 Å². The lowest BCUT2D eigenvalue weighted by atomic mass is 9.87. The van der Waals surface area contributed by atoms with Crippen LogP contribution in [0.4, 0.5) is 11.5 Å². The number of nitrogens with zero attached hydrogens (tertiary/aromatic N) is 2. The highest BCUT2D eigenvalue weighted by atomic mass is 35.5. The molecule has 0 aromatic carbocycles. The SMILES string of the molecule is O=[N+]([O-])c1cc(Cl)nc(NCC2(CO)CCCC2)c1. The van der Waals surface area contributed by atoms with E-state index in [0.717, 1.165) is 25.7 Å². The molecule has 104 valence electrons. The van der Waals surface area contributed by atoms with Gasteiger partial charge in [0.2, 0.25) is 0 Å². The first-order valence-electron chi connectivity index (χ1n) is 6.21. The van der Waals surface area contributed by atoms with Crippen molar-refractivity contribution in [2.24, 2.45) is 5.41 Å².